The number of ether oxygens (including phenoxy) is 1. The smallest absolute Gasteiger partial charge is 0.317 e. The summed E-state index contributed by atoms with van der Waals surface area (Å²) in [4.78, 5) is 12.3. The highest BCUT2D eigenvalue weighted by Gasteiger charge is 2.19. The number of carboxylic acids is 1. The molecule has 1 aliphatic rings. The Bertz CT molecular complexity index is 153. The largest absolute Gasteiger partial charge is 0.480 e. The lowest BCUT2D eigenvalue weighted by Gasteiger charge is -2.29. The van der Waals surface area contributed by atoms with Crippen molar-refractivity contribution in [3.63, 3.8) is 0 Å². The van der Waals surface area contributed by atoms with Gasteiger partial charge in [0.25, 0.3) is 0 Å². The normalized spacial score (nSPS) is 18.5. The molecule has 84 valence electrons. The highest BCUT2D eigenvalue weighted by atomic mass is 16.5. The van der Waals surface area contributed by atoms with E-state index in [1.807, 2.05) is 18.7 Å². The van der Waals surface area contributed by atoms with Crippen LogP contribution in [0.1, 0.15) is 26.7 Å². The molecule has 14 heavy (non-hydrogen) atoms. The van der Waals surface area contributed by atoms with Crippen LogP contribution in [0.15, 0.2) is 0 Å². The molecule has 0 amide bonds. The van der Waals surface area contributed by atoms with Crippen molar-refractivity contribution in [2.45, 2.75) is 32.8 Å². The second-order valence-electron chi connectivity index (χ2n) is 3.10. The summed E-state index contributed by atoms with van der Waals surface area (Å²) >= 11 is 0. The third-order valence-corrected chi connectivity index (χ3v) is 2.23. The zero-order valence-electron chi connectivity index (χ0n) is 9.32. The van der Waals surface area contributed by atoms with E-state index >= 15 is 0 Å². The molecule has 0 radical (unpaired) electrons. The van der Waals surface area contributed by atoms with Crippen LogP contribution in [0.4, 0.5) is 0 Å². The van der Waals surface area contributed by atoms with E-state index in [4.69, 9.17) is 9.84 Å². The average molecular weight is 203 g/mol. The molecule has 1 saturated heterocycles. The topological polar surface area (TPSA) is 49.8 Å². The van der Waals surface area contributed by atoms with Gasteiger partial charge in [0.15, 0.2) is 0 Å². The van der Waals surface area contributed by atoms with Gasteiger partial charge in [0.1, 0.15) is 0 Å². The molecule has 1 heterocycles. The summed E-state index contributed by atoms with van der Waals surface area (Å²) in [6, 6.07) is 0. The minimum Gasteiger partial charge on any atom is -0.480 e. The molecule has 0 aromatic rings. The first-order chi connectivity index (χ1) is 6.72. The van der Waals surface area contributed by atoms with Gasteiger partial charge in [0, 0.05) is 20.2 Å². The Hall–Kier alpha value is -0.610. The lowest BCUT2D eigenvalue weighted by molar-refractivity contribution is -0.138. The van der Waals surface area contributed by atoms with Crippen molar-refractivity contribution in [1.82, 2.24) is 4.90 Å². The number of piperidine rings is 1. The molecule has 0 aliphatic carbocycles. The third kappa shape index (κ3) is 5.19. The van der Waals surface area contributed by atoms with Crippen LogP contribution in [0.5, 0.6) is 0 Å². The maximum atomic E-state index is 10.3. The standard InChI is InChI=1S/C8H15NO3.C2H6/c1-12-7-2-4-9(5-3-7)6-8(10)11;1-2/h7H,2-6H2,1H3,(H,10,11);1-2H3. The van der Waals surface area contributed by atoms with Crippen molar-refractivity contribution in [2.24, 2.45) is 0 Å². The van der Waals surface area contributed by atoms with E-state index in [1.165, 1.54) is 0 Å². The molecule has 0 aromatic carbocycles. The zero-order valence-corrected chi connectivity index (χ0v) is 9.32. The Morgan fingerprint density at radius 1 is 1.43 bits per heavy atom. The van der Waals surface area contributed by atoms with Gasteiger partial charge < -0.3 is 9.84 Å². The number of methoxy groups -OCH3 is 1. The molecule has 0 saturated carbocycles. The van der Waals surface area contributed by atoms with E-state index in [9.17, 15) is 4.79 Å². The Kier molecular flexibility index (Phi) is 7.42. The predicted octanol–water partition coefficient (Wildman–Crippen LogP) is 1.21. The minimum absolute atomic E-state index is 0.163. The number of carbonyl (C=O) groups is 1. The van der Waals surface area contributed by atoms with Crippen molar-refractivity contribution in [2.75, 3.05) is 26.7 Å². The molecule has 0 aromatic heterocycles. The average Bonchev–Trinajstić information content (AvgIpc) is 2.21. The molecule has 1 aliphatic heterocycles. The number of carboxylic acid groups (broad SMARTS) is 1. The number of aliphatic carboxylic acids is 1. The van der Waals surface area contributed by atoms with Gasteiger partial charge in [-0.2, -0.15) is 0 Å². The van der Waals surface area contributed by atoms with Gasteiger partial charge in [-0.1, -0.05) is 13.8 Å². The Balaban J connectivity index is 0.000000791. The first-order valence-corrected chi connectivity index (χ1v) is 5.19. The second-order valence-corrected chi connectivity index (χ2v) is 3.10. The number of hydrogen-bond acceptors (Lipinski definition) is 3. The third-order valence-electron chi connectivity index (χ3n) is 2.23. The van der Waals surface area contributed by atoms with E-state index < -0.39 is 5.97 Å². The van der Waals surface area contributed by atoms with Crippen molar-refractivity contribution in [3.8, 4) is 0 Å². The van der Waals surface area contributed by atoms with E-state index in [2.05, 4.69) is 0 Å². The highest BCUT2D eigenvalue weighted by Crippen LogP contribution is 2.11. The Morgan fingerprint density at radius 2 is 1.93 bits per heavy atom. The van der Waals surface area contributed by atoms with E-state index in [1.54, 1.807) is 7.11 Å². The molecule has 0 bridgehead atoms. The lowest BCUT2D eigenvalue weighted by atomic mass is 10.1. The molecule has 0 atom stereocenters. The quantitative estimate of drug-likeness (QED) is 0.749. The van der Waals surface area contributed by atoms with Crippen molar-refractivity contribution in [1.29, 1.82) is 0 Å². The van der Waals surface area contributed by atoms with Gasteiger partial charge in [-0.25, -0.2) is 0 Å². The van der Waals surface area contributed by atoms with E-state index in [-0.39, 0.29) is 6.54 Å². The number of rotatable bonds is 3. The van der Waals surface area contributed by atoms with Gasteiger partial charge in [0.2, 0.25) is 0 Å². The summed E-state index contributed by atoms with van der Waals surface area (Å²) in [6.07, 6.45) is 2.23. The van der Waals surface area contributed by atoms with Crippen LogP contribution in [0.25, 0.3) is 0 Å². The fourth-order valence-corrected chi connectivity index (χ4v) is 1.49. The molecule has 0 spiro atoms. The maximum Gasteiger partial charge on any atom is 0.317 e. The fourth-order valence-electron chi connectivity index (χ4n) is 1.49. The monoisotopic (exact) mass is 203 g/mol. The molecule has 0 unspecified atom stereocenters. The molecule has 1 rings (SSSR count). The van der Waals surface area contributed by atoms with Crippen LogP contribution < -0.4 is 0 Å². The van der Waals surface area contributed by atoms with Gasteiger partial charge in [0.05, 0.1) is 12.6 Å². The molecular weight excluding hydrogens is 182 g/mol. The molecule has 4 nitrogen and oxygen atoms in total. The zero-order chi connectivity index (χ0) is 11.0. The maximum absolute atomic E-state index is 10.3. The van der Waals surface area contributed by atoms with Crippen LogP contribution in [-0.4, -0.2) is 48.8 Å². The van der Waals surface area contributed by atoms with Crippen LogP contribution >= 0.6 is 0 Å². The number of hydrogen-bond donors (Lipinski definition) is 1. The van der Waals surface area contributed by atoms with Crippen LogP contribution in [0.2, 0.25) is 0 Å². The predicted molar refractivity (Wildman–Crippen MR) is 55.5 cm³/mol. The van der Waals surface area contributed by atoms with Crippen LogP contribution in [0, 0.1) is 0 Å². The summed E-state index contributed by atoms with van der Waals surface area (Å²) < 4.78 is 5.17. The second kappa shape index (κ2) is 7.76. The summed E-state index contributed by atoms with van der Waals surface area (Å²) in [5, 5.41) is 8.52. The van der Waals surface area contributed by atoms with Crippen LogP contribution in [-0.2, 0) is 9.53 Å². The molecule has 4 heteroatoms. The number of likely N-dealkylation sites (tertiary alicyclic amines) is 1. The van der Waals surface area contributed by atoms with Crippen molar-refractivity contribution in [3.05, 3.63) is 0 Å². The highest BCUT2D eigenvalue weighted by molar-refractivity contribution is 5.69. The fraction of sp³-hybridized carbons (Fsp3) is 0.900. The SMILES string of the molecule is CC.COC1CCN(CC(=O)O)CC1. The number of nitrogens with zero attached hydrogens (tertiary/aromatic N) is 1. The first kappa shape index (κ1) is 13.4. The van der Waals surface area contributed by atoms with Crippen molar-refractivity contribution >= 4 is 5.97 Å². The minimum atomic E-state index is -0.745. The van der Waals surface area contributed by atoms with Gasteiger partial charge >= 0.3 is 5.97 Å². The molecule has 1 N–H and O–H groups in total. The summed E-state index contributed by atoms with van der Waals surface area (Å²) in [6.45, 7) is 5.84. The Morgan fingerprint density at radius 3 is 2.29 bits per heavy atom. The Labute approximate surface area is 85.9 Å². The van der Waals surface area contributed by atoms with Gasteiger partial charge in [-0.15, -0.1) is 0 Å². The van der Waals surface area contributed by atoms with Crippen LogP contribution in [0.3, 0.4) is 0 Å². The van der Waals surface area contributed by atoms with Gasteiger partial charge in [-0.3, -0.25) is 9.69 Å². The molecular formula is C10H21NO3. The lowest BCUT2D eigenvalue weighted by Crippen LogP contribution is -2.39. The summed E-state index contributed by atoms with van der Waals surface area (Å²) in [5.74, 6) is -0.745. The molecule has 1 fully saturated rings. The van der Waals surface area contributed by atoms with Gasteiger partial charge in [-0.05, 0) is 12.8 Å². The first-order valence-electron chi connectivity index (χ1n) is 5.19. The summed E-state index contributed by atoms with van der Waals surface area (Å²) in [7, 11) is 1.71. The van der Waals surface area contributed by atoms with Crippen molar-refractivity contribution < 1.29 is 14.6 Å². The van der Waals surface area contributed by atoms with E-state index in [0.717, 1.165) is 25.9 Å². The van der Waals surface area contributed by atoms with E-state index in [0.29, 0.717) is 6.10 Å². The summed E-state index contributed by atoms with van der Waals surface area (Å²) in [5.41, 5.74) is 0.